The number of nitrogens with one attached hydrogen (secondary N) is 2. The van der Waals surface area contributed by atoms with Crippen LogP contribution < -0.4 is 10.6 Å². The molecule has 0 unspecified atom stereocenters. The highest BCUT2D eigenvalue weighted by Crippen LogP contribution is 2.44. The number of hydrogen-bond donors (Lipinski definition) is 2. The molecule has 1 amide bonds. The van der Waals surface area contributed by atoms with Crippen molar-refractivity contribution >= 4 is 40.8 Å². The minimum Gasteiger partial charge on any atom is -0.463 e. The summed E-state index contributed by atoms with van der Waals surface area (Å²) in [5.41, 5.74) is -1.77. The highest BCUT2D eigenvalue weighted by Gasteiger charge is 2.58. The van der Waals surface area contributed by atoms with Crippen LogP contribution in [0, 0.1) is 17.8 Å². The van der Waals surface area contributed by atoms with Crippen molar-refractivity contribution in [2.24, 2.45) is 17.8 Å². The van der Waals surface area contributed by atoms with Gasteiger partial charge in [-0.3, -0.25) is 24.3 Å². The normalized spacial score (nSPS) is 23.6. The summed E-state index contributed by atoms with van der Waals surface area (Å²) in [6.45, 7) is 11.0. The van der Waals surface area contributed by atoms with E-state index in [-0.39, 0.29) is 30.0 Å². The Morgan fingerprint density at radius 1 is 1.11 bits per heavy atom. The second-order valence-corrected chi connectivity index (χ2v) is 10.1. The van der Waals surface area contributed by atoms with Gasteiger partial charge in [0.2, 0.25) is 11.9 Å². The van der Waals surface area contributed by atoms with Crippen LogP contribution >= 0.6 is 0 Å². The average Bonchev–Trinajstić information content (AvgIpc) is 3.34. The number of nitrogens with zero attached hydrogens (tertiary/aromatic N) is 4. The number of esters is 2. The zero-order valence-corrected chi connectivity index (χ0v) is 22.4. The summed E-state index contributed by atoms with van der Waals surface area (Å²) in [7, 11) is 1.63. The SMILES string of the molecule is CNc1nc(NC(=O)C(C)C)nc2c1ncn2[C@@H]1O[C@H](COC(=O)C(C)C)[C@@H](OC(=O)C(C)C)[C@@]1(C)F. The fourth-order valence-electron chi connectivity index (χ4n) is 3.69. The minimum absolute atomic E-state index is 0.000979. The zero-order valence-electron chi connectivity index (χ0n) is 22.4. The lowest BCUT2D eigenvalue weighted by Crippen LogP contribution is -2.45. The van der Waals surface area contributed by atoms with Crippen molar-refractivity contribution in [2.45, 2.75) is 72.6 Å². The van der Waals surface area contributed by atoms with Crippen LogP contribution in [-0.4, -0.2) is 68.9 Å². The van der Waals surface area contributed by atoms with E-state index in [0.29, 0.717) is 11.3 Å². The monoisotopic (exact) mass is 522 g/mol. The van der Waals surface area contributed by atoms with Gasteiger partial charge in [-0.05, 0) is 6.92 Å². The van der Waals surface area contributed by atoms with E-state index in [9.17, 15) is 14.4 Å². The Kier molecular flexibility index (Phi) is 8.35. The zero-order chi connectivity index (χ0) is 27.7. The Hall–Kier alpha value is -3.35. The van der Waals surface area contributed by atoms with Crippen molar-refractivity contribution in [1.82, 2.24) is 19.5 Å². The van der Waals surface area contributed by atoms with Gasteiger partial charge in [0.15, 0.2) is 35.0 Å². The molecule has 2 aromatic rings. The van der Waals surface area contributed by atoms with Gasteiger partial charge in [0.05, 0.1) is 18.2 Å². The third kappa shape index (κ3) is 5.81. The van der Waals surface area contributed by atoms with Crippen LogP contribution in [0.25, 0.3) is 11.2 Å². The molecular formula is C24H35FN6O6. The molecule has 0 spiro atoms. The molecule has 37 heavy (non-hydrogen) atoms. The second-order valence-electron chi connectivity index (χ2n) is 10.1. The number of ether oxygens (including phenoxy) is 3. The maximum absolute atomic E-state index is 16.5. The van der Waals surface area contributed by atoms with E-state index < -0.39 is 47.9 Å². The maximum atomic E-state index is 16.5. The highest BCUT2D eigenvalue weighted by molar-refractivity contribution is 5.92. The van der Waals surface area contributed by atoms with Gasteiger partial charge in [0.25, 0.3) is 0 Å². The number of carbonyl (C=O) groups excluding carboxylic acids is 3. The number of amides is 1. The Balaban J connectivity index is 2.03. The predicted molar refractivity (Wildman–Crippen MR) is 132 cm³/mol. The van der Waals surface area contributed by atoms with Gasteiger partial charge in [0.1, 0.15) is 12.7 Å². The van der Waals surface area contributed by atoms with Crippen molar-refractivity contribution in [3.8, 4) is 0 Å². The predicted octanol–water partition coefficient (Wildman–Crippen LogP) is 2.86. The molecule has 3 heterocycles. The Morgan fingerprint density at radius 2 is 1.76 bits per heavy atom. The van der Waals surface area contributed by atoms with E-state index in [1.807, 2.05) is 0 Å². The fourth-order valence-corrected chi connectivity index (χ4v) is 3.69. The molecule has 204 valence electrons. The number of hydrogen-bond acceptors (Lipinski definition) is 10. The van der Waals surface area contributed by atoms with Gasteiger partial charge in [-0.1, -0.05) is 41.5 Å². The van der Waals surface area contributed by atoms with Gasteiger partial charge in [0, 0.05) is 13.0 Å². The van der Waals surface area contributed by atoms with E-state index in [1.54, 1.807) is 48.6 Å². The van der Waals surface area contributed by atoms with Gasteiger partial charge in [-0.25, -0.2) is 9.37 Å². The first-order valence-electron chi connectivity index (χ1n) is 12.2. The fraction of sp³-hybridized carbons (Fsp3) is 0.667. The molecule has 1 aliphatic heterocycles. The molecule has 13 heteroatoms. The molecule has 12 nitrogen and oxygen atoms in total. The molecule has 4 atom stereocenters. The molecule has 0 aromatic carbocycles. The summed E-state index contributed by atoms with van der Waals surface area (Å²) in [6, 6.07) is 0. The first-order chi connectivity index (χ1) is 17.3. The first kappa shape index (κ1) is 28.2. The Labute approximate surface area is 214 Å². The summed E-state index contributed by atoms with van der Waals surface area (Å²) in [4.78, 5) is 49.7. The van der Waals surface area contributed by atoms with Crippen LogP contribution in [-0.2, 0) is 28.6 Å². The molecule has 2 aromatic heterocycles. The summed E-state index contributed by atoms with van der Waals surface area (Å²) < 4.78 is 34.6. The van der Waals surface area contributed by atoms with E-state index >= 15 is 4.39 Å². The standard InChI is InChI=1S/C24H35FN6O6/c1-11(2)19(32)30-23-28-17(26-8)15-18(29-23)31(10-27-15)22-24(7,25)16(37-21(34)13(5)6)14(36-22)9-35-20(33)12(3)4/h10-14,16,22H,9H2,1-8H3,(H2,26,28,29,30,32)/t14-,16-,22-,24-/m1/s1. The number of rotatable bonds is 9. The molecule has 0 saturated carbocycles. The molecule has 3 rings (SSSR count). The topological polar surface area (TPSA) is 147 Å². The Bertz CT molecular complexity index is 1160. The van der Waals surface area contributed by atoms with E-state index in [2.05, 4.69) is 25.6 Å². The highest BCUT2D eigenvalue weighted by atomic mass is 19.1. The Morgan fingerprint density at radius 3 is 2.32 bits per heavy atom. The third-order valence-corrected chi connectivity index (χ3v) is 5.93. The molecule has 0 radical (unpaired) electrons. The second kappa shape index (κ2) is 11.0. The molecule has 2 N–H and O–H groups in total. The van der Waals surface area contributed by atoms with E-state index in [1.165, 1.54) is 17.8 Å². The lowest BCUT2D eigenvalue weighted by Gasteiger charge is -2.28. The maximum Gasteiger partial charge on any atom is 0.308 e. The van der Waals surface area contributed by atoms with Crippen LogP contribution in [0.4, 0.5) is 16.2 Å². The number of imidazole rings is 1. The number of alkyl halides is 1. The van der Waals surface area contributed by atoms with Crippen molar-refractivity contribution in [3.63, 3.8) is 0 Å². The van der Waals surface area contributed by atoms with E-state index in [0.717, 1.165) is 0 Å². The lowest BCUT2D eigenvalue weighted by molar-refractivity contribution is -0.165. The summed E-state index contributed by atoms with van der Waals surface area (Å²) in [6.07, 6.45) is -2.48. The lowest BCUT2D eigenvalue weighted by atomic mass is 9.98. The van der Waals surface area contributed by atoms with Crippen LogP contribution in [0.5, 0.6) is 0 Å². The number of halogens is 1. The molecule has 0 bridgehead atoms. The average molecular weight is 523 g/mol. The van der Waals surface area contributed by atoms with Gasteiger partial charge >= 0.3 is 11.9 Å². The molecule has 1 aliphatic rings. The van der Waals surface area contributed by atoms with Crippen LogP contribution in [0.15, 0.2) is 6.33 Å². The molecular weight excluding hydrogens is 487 g/mol. The van der Waals surface area contributed by atoms with Gasteiger partial charge in [-0.2, -0.15) is 9.97 Å². The molecule has 1 fully saturated rings. The largest absolute Gasteiger partial charge is 0.463 e. The van der Waals surface area contributed by atoms with Crippen LogP contribution in [0.2, 0.25) is 0 Å². The van der Waals surface area contributed by atoms with Crippen molar-refractivity contribution < 1.29 is 33.0 Å². The van der Waals surface area contributed by atoms with E-state index in [4.69, 9.17) is 14.2 Å². The van der Waals surface area contributed by atoms with Crippen LogP contribution in [0.3, 0.4) is 0 Å². The number of aromatic nitrogens is 4. The van der Waals surface area contributed by atoms with Crippen molar-refractivity contribution in [2.75, 3.05) is 24.3 Å². The summed E-state index contributed by atoms with van der Waals surface area (Å²) >= 11 is 0. The molecule has 1 saturated heterocycles. The summed E-state index contributed by atoms with van der Waals surface area (Å²) in [5, 5.41) is 5.53. The van der Waals surface area contributed by atoms with Crippen molar-refractivity contribution in [3.05, 3.63) is 6.33 Å². The van der Waals surface area contributed by atoms with Gasteiger partial charge < -0.3 is 19.5 Å². The molecule has 0 aliphatic carbocycles. The number of carbonyl (C=O) groups is 3. The number of anilines is 2. The third-order valence-electron chi connectivity index (χ3n) is 5.93. The quantitative estimate of drug-likeness (QED) is 0.471. The number of fused-ring (bicyclic) bond motifs is 1. The van der Waals surface area contributed by atoms with Gasteiger partial charge in [-0.15, -0.1) is 0 Å². The minimum atomic E-state index is -2.26. The smallest absolute Gasteiger partial charge is 0.308 e. The van der Waals surface area contributed by atoms with Crippen molar-refractivity contribution in [1.29, 1.82) is 0 Å². The first-order valence-corrected chi connectivity index (χ1v) is 12.2. The summed E-state index contributed by atoms with van der Waals surface area (Å²) in [5.74, 6) is -2.33. The van der Waals surface area contributed by atoms with Crippen LogP contribution in [0.1, 0.15) is 54.7 Å².